The molecule has 1 N–H and O–H groups in total. The molecule has 0 aromatic carbocycles. The van der Waals surface area contributed by atoms with Gasteiger partial charge in [-0.3, -0.25) is 4.79 Å². The predicted octanol–water partition coefficient (Wildman–Crippen LogP) is 2.20. The second-order valence-electron chi connectivity index (χ2n) is 4.23. The summed E-state index contributed by atoms with van der Waals surface area (Å²) in [6, 6.07) is 1.92. The van der Waals surface area contributed by atoms with E-state index in [1.54, 1.807) is 0 Å². The zero-order chi connectivity index (χ0) is 13.2. The van der Waals surface area contributed by atoms with Crippen LogP contribution in [0.4, 0.5) is 0 Å². The largest absolute Gasteiger partial charge is 0.466 e. The van der Waals surface area contributed by atoms with E-state index in [1.165, 1.54) is 0 Å². The molecule has 0 spiro atoms. The van der Waals surface area contributed by atoms with Crippen molar-refractivity contribution >= 4 is 5.97 Å². The Bertz CT molecular complexity index is 350. The summed E-state index contributed by atoms with van der Waals surface area (Å²) >= 11 is 0. The number of aryl methyl sites for hydroxylation is 1. The standard InChI is InChI=1S/C13H22N2O3/c1-3-17-13(16)7-5-4-6-8-14-10-12-9-11(2)15-18-12/h9,14H,3-8,10H2,1-2H3. The molecule has 1 aromatic rings. The highest BCUT2D eigenvalue weighted by Crippen LogP contribution is 2.03. The van der Waals surface area contributed by atoms with Crippen LogP contribution in [0.3, 0.4) is 0 Å². The number of unbranched alkanes of at least 4 members (excludes halogenated alkanes) is 2. The minimum atomic E-state index is -0.0948. The van der Waals surface area contributed by atoms with Gasteiger partial charge in [-0.1, -0.05) is 11.6 Å². The number of nitrogens with one attached hydrogen (secondary N) is 1. The Labute approximate surface area is 108 Å². The van der Waals surface area contributed by atoms with Crippen molar-refractivity contribution in [1.82, 2.24) is 10.5 Å². The molecule has 0 aliphatic carbocycles. The quantitative estimate of drug-likeness (QED) is 0.540. The van der Waals surface area contributed by atoms with E-state index in [1.807, 2.05) is 19.9 Å². The van der Waals surface area contributed by atoms with Crippen molar-refractivity contribution in [3.05, 3.63) is 17.5 Å². The van der Waals surface area contributed by atoms with Crippen LogP contribution in [0, 0.1) is 6.92 Å². The summed E-state index contributed by atoms with van der Waals surface area (Å²) in [5.74, 6) is 0.765. The molecule has 0 fully saturated rings. The fourth-order valence-corrected chi connectivity index (χ4v) is 1.64. The number of carbonyl (C=O) groups excluding carboxylic acids is 1. The molecule has 0 saturated carbocycles. The molecule has 5 nitrogen and oxygen atoms in total. The van der Waals surface area contributed by atoms with Gasteiger partial charge in [-0.2, -0.15) is 0 Å². The van der Waals surface area contributed by atoms with E-state index in [9.17, 15) is 4.79 Å². The lowest BCUT2D eigenvalue weighted by atomic mass is 10.2. The van der Waals surface area contributed by atoms with Gasteiger partial charge in [-0.05, 0) is 33.2 Å². The zero-order valence-electron chi connectivity index (χ0n) is 11.2. The van der Waals surface area contributed by atoms with Gasteiger partial charge in [0, 0.05) is 12.5 Å². The minimum absolute atomic E-state index is 0.0948. The molecular weight excluding hydrogens is 232 g/mol. The molecule has 0 atom stereocenters. The number of esters is 1. The third-order valence-corrected chi connectivity index (χ3v) is 2.52. The molecule has 0 amide bonds. The van der Waals surface area contributed by atoms with Gasteiger partial charge < -0.3 is 14.6 Å². The van der Waals surface area contributed by atoms with Crippen LogP contribution in [0.15, 0.2) is 10.6 Å². The van der Waals surface area contributed by atoms with Gasteiger partial charge in [0.05, 0.1) is 18.8 Å². The van der Waals surface area contributed by atoms with Crippen molar-refractivity contribution in [3.63, 3.8) is 0 Å². The molecule has 102 valence electrons. The molecule has 18 heavy (non-hydrogen) atoms. The maximum absolute atomic E-state index is 11.1. The van der Waals surface area contributed by atoms with Crippen LogP contribution in [0.2, 0.25) is 0 Å². The van der Waals surface area contributed by atoms with E-state index >= 15 is 0 Å². The van der Waals surface area contributed by atoms with Crippen LogP contribution in [0.25, 0.3) is 0 Å². The normalized spacial score (nSPS) is 10.6. The number of rotatable bonds is 9. The topological polar surface area (TPSA) is 64.4 Å². The first-order chi connectivity index (χ1) is 8.72. The lowest BCUT2D eigenvalue weighted by molar-refractivity contribution is -0.143. The molecule has 0 aliphatic rings. The van der Waals surface area contributed by atoms with Crippen LogP contribution in [0.5, 0.6) is 0 Å². The second-order valence-corrected chi connectivity index (χ2v) is 4.23. The van der Waals surface area contributed by atoms with E-state index in [0.717, 1.165) is 37.3 Å². The van der Waals surface area contributed by atoms with Gasteiger partial charge in [-0.25, -0.2) is 0 Å². The monoisotopic (exact) mass is 254 g/mol. The van der Waals surface area contributed by atoms with Crippen molar-refractivity contribution in [2.75, 3.05) is 13.2 Å². The molecule has 0 aliphatic heterocycles. The number of aromatic nitrogens is 1. The van der Waals surface area contributed by atoms with E-state index in [2.05, 4.69) is 10.5 Å². The fourth-order valence-electron chi connectivity index (χ4n) is 1.64. The summed E-state index contributed by atoms with van der Waals surface area (Å²) in [5, 5.41) is 7.09. The highest BCUT2D eigenvalue weighted by Gasteiger charge is 2.01. The summed E-state index contributed by atoms with van der Waals surface area (Å²) in [7, 11) is 0. The van der Waals surface area contributed by atoms with Gasteiger partial charge in [0.1, 0.15) is 0 Å². The predicted molar refractivity (Wildman–Crippen MR) is 68.0 cm³/mol. The summed E-state index contributed by atoms with van der Waals surface area (Å²) in [4.78, 5) is 11.1. The molecular formula is C13H22N2O3. The maximum atomic E-state index is 11.1. The third kappa shape index (κ3) is 6.39. The second kappa shape index (κ2) is 8.69. The Morgan fingerprint density at radius 2 is 2.28 bits per heavy atom. The Balaban J connectivity index is 1.91. The van der Waals surface area contributed by atoms with Gasteiger partial charge in [0.15, 0.2) is 5.76 Å². The molecule has 0 bridgehead atoms. The van der Waals surface area contributed by atoms with Crippen LogP contribution >= 0.6 is 0 Å². The number of nitrogens with zero attached hydrogens (tertiary/aromatic N) is 1. The minimum Gasteiger partial charge on any atom is -0.466 e. The maximum Gasteiger partial charge on any atom is 0.305 e. The van der Waals surface area contributed by atoms with Gasteiger partial charge in [0.25, 0.3) is 0 Å². The first-order valence-corrected chi connectivity index (χ1v) is 6.51. The average molecular weight is 254 g/mol. The summed E-state index contributed by atoms with van der Waals surface area (Å²) in [6.45, 7) is 5.83. The summed E-state index contributed by atoms with van der Waals surface area (Å²) < 4.78 is 9.93. The van der Waals surface area contributed by atoms with Crippen molar-refractivity contribution in [2.24, 2.45) is 0 Å². The van der Waals surface area contributed by atoms with Crippen molar-refractivity contribution in [3.8, 4) is 0 Å². The van der Waals surface area contributed by atoms with Crippen LogP contribution in [0.1, 0.15) is 44.1 Å². The molecule has 0 radical (unpaired) electrons. The first kappa shape index (κ1) is 14.7. The number of hydrogen-bond acceptors (Lipinski definition) is 5. The SMILES string of the molecule is CCOC(=O)CCCCCNCc1cc(C)no1. The number of carbonyl (C=O) groups is 1. The van der Waals surface area contributed by atoms with E-state index < -0.39 is 0 Å². The molecule has 1 rings (SSSR count). The van der Waals surface area contributed by atoms with Gasteiger partial charge in [-0.15, -0.1) is 0 Å². The molecule has 0 unspecified atom stereocenters. The third-order valence-electron chi connectivity index (χ3n) is 2.52. The van der Waals surface area contributed by atoms with E-state index in [0.29, 0.717) is 19.6 Å². The van der Waals surface area contributed by atoms with Crippen molar-refractivity contribution in [2.45, 2.75) is 46.1 Å². The molecule has 5 heteroatoms. The van der Waals surface area contributed by atoms with E-state index in [-0.39, 0.29) is 5.97 Å². The smallest absolute Gasteiger partial charge is 0.305 e. The highest BCUT2D eigenvalue weighted by molar-refractivity contribution is 5.69. The highest BCUT2D eigenvalue weighted by atomic mass is 16.5. The van der Waals surface area contributed by atoms with Crippen molar-refractivity contribution < 1.29 is 14.1 Å². The molecule has 1 heterocycles. The summed E-state index contributed by atoms with van der Waals surface area (Å²) in [5.41, 5.74) is 0.904. The van der Waals surface area contributed by atoms with Crippen LogP contribution in [-0.4, -0.2) is 24.3 Å². The number of ether oxygens (including phenoxy) is 1. The van der Waals surface area contributed by atoms with Gasteiger partial charge in [0.2, 0.25) is 0 Å². The van der Waals surface area contributed by atoms with Crippen LogP contribution in [-0.2, 0) is 16.1 Å². The van der Waals surface area contributed by atoms with Gasteiger partial charge >= 0.3 is 5.97 Å². The molecule has 0 saturated heterocycles. The number of hydrogen-bond donors (Lipinski definition) is 1. The van der Waals surface area contributed by atoms with E-state index in [4.69, 9.17) is 9.26 Å². The molecule has 1 aromatic heterocycles. The Morgan fingerprint density at radius 1 is 1.44 bits per heavy atom. The fraction of sp³-hybridized carbons (Fsp3) is 0.692. The lowest BCUT2D eigenvalue weighted by Crippen LogP contribution is -2.14. The van der Waals surface area contributed by atoms with Crippen LogP contribution < -0.4 is 5.32 Å². The first-order valence-electron chi connectivity index (χ1n) is 6.51. The Hall–Kier alpha value is -1.36. The average Bonchev–Trinajstić information content (AvgIpc) is 2.74. The Kier molecular flexibility index (Phi) is 7.10. The van der Waals surface area contributed by atoms with Crippen molar-refractivity contribution in [1.29, 1.82) is 0 Å². The lowest BCUT2D eigenvalue weighted by Gasteiger charge is -2.03. The Morgan fingerprint density at radius 3 is 2.94 bits per heavy atom. The summed E-state index contributed by atoms with van der Waals surface area (Å²) in [6.07, 6.45) is 3.49. The zero-order valence-corrected chi connectivity index (χ0v) is 11.2.